The van der Waals surface area contributed by atoms with Gasteiger partial charge in [-0.1, -0.05) is 12.2 Å². The molecule has 1 N–H and O–H groups in total. The number of hydrogen-bond acceptors (Lipinski definition) is 3. The Labute approximate surface area is 102 Å². The Bertz CT molecular complexity index is 441. The molecule has 1 aromatic rings. The number of anilines is 1. The monoisotopic (exact) mass is 234 g/mol. The Morgan fingerprint density at radius 2 is 2.18 bits per heavy atom. The van der Waals surface area contributed by atoms with E-state index < -0.39 is 5.97 Å². The molecule has 92 valence electrons. The van der Waals surface area contributed by atoms with E-state index >= 15 is 0 Å². The third-order valence-corrected chi connectivity index (χ3v) is 2.47. The number of pyridine rings is 1. The molecule has 0 aliphatic heterocycles. The zero-order chi connectivity index (χ0) is 13.0. The van der Waals surface area contributed by atoms with Crippen LogP contribution in [0.4, 0.5) is 5.82 Å². The number of carbonyl (C=O) groups is 1. The van der Waals surface area contributed by atoms with Crippen LogP contribution in [-0.2, 0) is 0 Å². The number of nitrogens with zero attached hydrogens (tertiary/aromatic N) is 2. The van der Waals surface area contributed by atoms with E-state index in [9.17, 15) is 4.79 Å². The van der Waals surface area contributed by atoms with E-state index in [0.717, 1.165) is 24.5 Å². The highest BCUT2D eigenvalue weighted by molar-refractivity contribution is 5.89. The number of rotatable bonds is 5. The van der Waals surface area contributed by atoms with Gasteiger partial charge in [0.05, 0.1) is 11.3 Å². The Kier molecular flexibility index (Phi) is 4.26. The molecule has 0 atom stereocenters. The molecule has 0 unspecified atom stereocenters. The SMILES string of the molecule is C=C(C)CN(CC)c1ccc(C(=O)O)c(C)n1. The van der Waals surface area contributed by atoms with Crippen LogP contribution in [0.3, 0.4) is 0 Å². The van der Waals surface area contributed by atoms with Gasteiger partial charge in [0.25, 0.3) is 0 Å². The molecule has 17 heavy (non-hydrogen) atoms. The van der Waals surface area contributed by atoms with Crippen LogP contribution in [0.5, 0.6) is 0 Å². The van der Waals surface area contributed by atoms with E-state index in [-0.39, 0.29) is 5.56 Å². The van der Waals surface area contributed by atoms with E-state index in [2.05, 4.69) is 16.5 Å². The van der Waals surface area contributed by atoms with Gasteiger partial charge in [0.15, 0.2) is 0 Å². The lowest BCUT2D eigenvalue weighted by molar-refractivity contribution is 0.0695. The van der Waals surface area contributed by atoms with Gasteiger partial charge in [-0.05, 0) is 32.9 Å². The molecule has 0 bridgehead atoms. The van der Waals surface area contributed by atoms with Crippen molar-refractivity contribution in [3.8, 4) is 0 Å². The first-order chi connectivity index (χ1) is 7.95. The molecule has 0 fully saturated rings. The van der Waals surface area contributed by atoms with Crippen molar-refractivity contribution in [3.63, 3.8) is 0 Å². The molecule has 1 heterocycles. The van der Waals surface area contributed by atoms with E-state index in [1.807, 2.05) is 13.8 Å². The first kappa shape index (κ1) is 13.2. The standard InChI is InChI=1S/C13H18N2O2/c1-5-15(8-9(2)3)12-7-6-11(13(16)17)10(4)14-12/h6-7H,2,5,8H2,1,3-4H3,(H,16,17). The topological polar surface area (TPSA) is 53.4 Å². The molecule has 0 saturated heterocycles. The van der Waals surface area contributed by atoms with Gasteiger partial charge in [0.1, 0.15) is 5.82 Å². The van der Waals surface area contributed by atoms with Gasteiger partial charge in [0.2, 0.25) is 0 Å². The first-order valence-corrected chi connectivity index (χ1v) is 5.56. The van der Waals surface area contributed by atoms with Gasteiger partial charge in [-0.25, -0.2) is 9.78 Å². The minimum atomic E-state index is -0.940. The molecule has 4 nitrogen and oxygen atoms in total. The van der Waals surface area contributed by atoms with Crippen LogP contribution in [-0.4, -0.2) is 29.1 Å². The molecular weight excluding hydrogens is 216 g/mol. The van der Waals surface area contributed by atoms with Crippen LogP contribution >= 0.6 is 0 Å². The molecule has 1 aromatic heterocycles. The van der Waals surface area contributed by atoms with E-state index in [1.165, 1.54) is 0 Å². The highest BCUT2D eigenvalue weighted by Crippen LogP contribution is 2.15. The zero-order valence-electron chi connectivity index (χ0n) is 10.5. The summed E-state index contributed by atoms with van der Waals surface area (Å²) in [6.07, 6.45) is 0. The van der Waals surface area contributed by atoms with Gasteiger partial charge >= 0.3 is 5.97 Å². The van der Waals surface area contributed by atoms with Gasteiger partial charge < -0.3 is 10.0 Å². The van der Waals surface area contributed by atoms with Crippen molar-refractivity contribution in [1.82, 2.24) is 4.98 Å². The second-order valence-electron chi connectivity index (χ2n) is 4.08. The van der Waals surface area contributed by atoms with E-state index in [1.54, 1.807) is 19.1 Å². The minimum Gasteiger partial charge on any atom is -0.478 e. The van der Waals surface area contributed by atoms with E-state index in [4.69, 9.17) is 5.11 Å². The summed E-state index contributed by atoms with van der Waals surface area (Å²) >= 11 is 0. The molecule has 0 spiro atoms. The molecule has 0 aromatic carbocycles. The maximum absolute atomic E-state index is 10.9. The smallest absolute Gasteiger partial charge is 0.337 e. The van der Waals surface area contributed by atoms with Crippen molar-refractivity contribution in [2.75, 3.05) is 18.0 Å². The summed E-state index contributed by atoms with van der Waals surface area (Å²) < 4.78 is 0. The van der Waals surface area contributed by atoms with Gasteiger partial charge in [-0.3, -0.25) is 0 Å². The van der Waals surface area contributed by atoms with Crippen LogP contribution in [0.15, 0.2) is 24.3 Å². The maximum atomic E-state index is 10.9. The maximum Gasteiger partial charge on any atom is 0.337 e. The first-order valence-electron chi connectivity index (χ1n) is 5.56. The normalized spacial score (nSPS) is 10.1. The predicted octanol–water partition coefficient (Wildman–Crippen LogP) is 2.49. The number of carboxylic acid groups (broad SMARTS) is 1. The third kappa shape index (κ3) is 3.31. The fourth-order valence-corrected chi connectivity index (χ4v) is 1.63. The predicted molar refractivity (Wildman–Crippen MR) is 68.6 cm³/mol. The second kappa shape index (κ2) is 5.48. The fourth-order valence-electron chi connectivity index (χ4n) is 1.63. The van der Waals surface area contributed by atoms with Crippen LogP contribution in [0.1, 0.15) is 29.9 Å². The van der Waals surface area contributed by atoms with Crippen LogP contribution in [0.2, 0.25) is 0 Å². The number of carboxylic acids is 1. The van der Waals surface area contributed by atoms with Gasteiger partial charge in [0, 0.05) is 13.1 Å². The summed E-state index contributed by atoms with van der Waals surface area (Å²) in [7, 11) is 0. The van der Waals surface area contributed by atoms with E-state index in [0.29, 0.717) is 5.69 Å². The molecule has 1 rings (SSSR count). The molecule has 4 heteroatoms. The van der Waals surface area contributed by atoms with Crippen molar-refractivity contribution in [1.29, 1.82) is 0 Å². The number of aromatic nitrogens is 1. The lowest BCUT2D eigenvalue weighted by atomic mass is 10.2. The highest BCUT2D eigenvalue weighted by Gasteiger charge is 2.11. The Balaban J connectivity index is 3.02. The Hall–Kier alpha value is -1.84. The lowest BCUT2D eigenvalue weighted by Gasteiger charge is -2.22. The largest absolute Gasteiger partial charge is 0.478 e. The Morgan fingerprint density at radius 3 is 2.59 bits per heavy atom. The van der Waals surface area contributed by atoms with Crippen molar-refractivity contribution < 1.29 is 9.90 Å². The van der Waals surface area contributed by atoms with Crippen molar-refractivity contribution in [2.45, 2.75) is 20.8 Å². The number of aromatic carboxylic acids is 1. The second-order valence-corrected chi connectivity index (χ2v) is 4.08. The highest BCUT2D eigenvalue weighted by atomic mass is 16.4. The molecule has 0 saturated carbocycles. The summed E-state index contributed by atoms with van der Waals surface area (Å²) in [5, 5.41) is 8.93. The average molecular weight is 234 g/mol. The van der Waals surface area contributed by atoms with Gasteiger partial charge in [-0.2, -0.15) is 0 Å². The lowest BCUT2D eigenvalue weighted by Crippen LogP contribution is -2.25. The van der Waals surface area contributed by atoms with Crippen molar-refractivity contribution in [2.24, 2.45) is 0 Å². The fraction of sp³-hybridized carbons (Fsp3) is 0.385. The number of likely N-dealkylation sites (N-methyl/N-ethyl adjacent to an activating group) is 1. The molecule has 0 amide bonds. The molecule has 0 aliphatic carbocycles. The quantitative estimate of drug-likeness (QED) is 0.795. The summed E-state index contributed by atoms with van der Waals surface area (Å²) in [4.78, 5) is 17.3. The van der Waals surface area contributed by atoms with Gasteiger partial charge in [-0.15, -0.1) is 0 Å². The molecule has 0 aliphatic rings. The van der Waals surface area contributed by atoms with Crippen molar-refractivity contribution in [3.05, 3.63) is 35.5 Å². The van der Waals surface area contributed by atoms with Crippen LogP contribution in [0.25, 0.3) is 0 Å². The zero-order valence-corrected chi connectivity index (χ0v) is 10.5. The van der Waals surface area contributed by atoms with Crippen molar-refractivity contribution >= 4 is 11.8 Å². The number of hydrogen-bond donors (Lipinski definition) is 1. The summed E-state index contributed by atoms with van der Waals surface area (Å²) in [5.74, 6) is -0.150. The average Bonchev–Trinajstić information content (AvgIpc) is 2.24. The number of aryl methyl sites for hydroxylation is 1. The minimum absolute atomic E-state index is 0.250. The Morgan fingerprint density at radius 1 is 1.53 bits per heavy atom. The molecular formula is C13H18N2O2. The van der Waals surface area contributed by atoms with Crippen LogP contribution < -0.4 is 4.90 Å². The summed E-state index contributed by atoms with van der Waals surface area (Å²) in [6.45, 7) is 11.1. The molecule has 0 radical (unpaired) electrons. The summed E-state index contributed by atoms with van der Waals surface area (Å²) in [5.41, 5.74) is 1.84. The summed E-state index contributed by atoms with van der Waals surface area (Å²) in [6, 6.07) is 3.34. The third-order valence-electron chi connectivity index (χ3n) is 2.47. The van der Waals surface area contributed by atoms with Crippen LogP contribution in [0, 0.1) is 6.92 Å².